The summed E-state index contributed by atoms with van der Waals surface area (Å²) in [6.45, 7) is 2.21. The first kappa shape index (κ1) is 31.6. The van der Waals surface area contributed by atoms with Crippen molar-refractivity contribution in [2.24, 2.45) is 0 Å². The maximum atomic E-state index is 12.4. The summed E-state index contributed by atoms with van der Waals surface area (Å²) in [6, 6.07) is 0. The number of halogens is 6. The molecule has 0 rings (SSSR count). The molecule has 0 aromatic heterocycles. The standard InChI is InChI=1S/C20H28F6O8/c1-3-5-14(33-19(21,22)23)7-9-31-17(29)12-13(11-16(27)28)18(30)32-10-8-15(6-4-2)34-20(24,25)26/h12,14-15H,3-11H2,1-2H3,(H,27,28). The number of aliphatic carboxylic acids is 1. The monoisotopic (exact) mass is 510 g/mol. The van der Waals surface area contributed by atoms with Gasteiger partial charge in [0.15, 0.2) is 0 Å². The van der Waals surface area contributed by atoms with Gasteiger partial charge in [0.25, 0.3) is 0 Å². The molecule has 0 aliphatic heterocycles. The Hall–Kier alpha value is -2.35. The highest BCUT2D eigenvalue weighted by molar-refractivity contribution is 5.99. The quantitative estimate of drug-likeness (QED) is 0.181. The van der Waals surface area contributed by atoms with Crippen LogP contribution in [0.5, 0.6) is 0 Å². The van der Waals surface area contributed by atoms with E-state index in [0.29, 0.717) is 18.9 Å². The minimum absolute atomic E-state index is 0.0261. The van der Waals surface area contributed by atoms with Crippen molar-refractivity contribution in [3.05, 3.63) is 11.6 Å². The van der Waals surface area contributed by atoms with Gasteiger partial charge >= 0.3 is 30.6 Å². The highest BCUT2D eigenvalue weighted by Gasteiger charge is 2.34. The van der Waals surface area contributed by atoms with Crippen LogP contribution in [0.1, 0.15) is 58.8 Å². The summed E-state index contributed by atoms with van der Waals surface area (Å²) >= 11 is 0. The van der Waals surface area contributed by atoms with Crippen molar-refractivity contribution in [1.82, 2.24) is 0 Å². The van der Waals surface area contributed by atoms with Crippen LogP contribution >= 0.6 is 0 Å². The number of carboxylic acid groups (broad SMARTS) is 1. The maximum Gasteiger partial charge on any atom is 0.522 e. The summed E-state index contributed by atoms with van der Waals surface area (Å²) in [7, 11) is 0. The van der Waals surface area contributed by atoms with Gasteiger partial charge in [0, 0.05) is 18.9 Å². The van der Waals surface area contributed by atoms with Gasteiger partial charge in [-0.1, -0.05) is 26.7 Å². The highest BCUT2D eigenvalue weighted by Crippen LogP contribution is 2.23. The lowest BCUT2D eigenvalue weighted by Crippen LogP contribution is -2.26. The van der Waals surface area contributed by atoms with E-state index in [0.717, 1.165) is 0 Å². The Balaban J connectivity index is 4.91. The number of hydrogen-bond donors (Lipinski definition) is 1. The Kier molecular flexibility index (Phi) is 14.5. The first-order chi connectivity index (χ1) is 15.7. The molecular formula is C20H28F6O8. The molecule has 0 amide bonds. The van der Waals surface area contributed by atoms with E-state index in [1.165, 1.54) is 0 Å². The van der Waals surface area contributed by atoms with Crippen LogP contribution in [-0.2, 0) is 33.3 Å². The van der Waals surface area contributed by atoms with E-state index < -0.39 is 68.0 Å². The first-order valence-corrected chi connectivity index (χ1v) is 10.4. The predicted octanol–water partition coefficient (Wildman–Crippen LogP) is 4.66. The van der Waals surface area contributed by atoms with Crippen molar-refractivity contribution in [2.45, 2.75) is 83.7 Å². The van der Waals surface area contributed by atoms with E-state index in [4.69, 9.17) is 14.6 Å². The summed E-state index contributed by atoms with van der Waals surface area (Å²) in [5.74, 6) is -3.99. The second-order valence-corrected chi connectivity index (χ2v) is 7.07. The predicted molar refractivity (Wildman–Crippen MR) is 103 cm³/mol. The smallest absolute Gasteiger partial charge is 0.481 e. The Labute approximate surface area is 192 Å². The fourth-order valence-corrected chi connectivity index (χ4v) is 2.74. The van der Waals surface area contributed by atoms with Gasteiger partial charge < -0.3 is 14.6 Å². The van der Waals surface area contributed by atoms with Crippen molar-refractivity contribution in [3.63, 3.8) is 0 Å². The largest absolute Gasteiger partial charge is 0.522 e. The topological polar surface area (TPSA) is 108 Å². The molecular weight excluding hydrogens is 482 g/mol. The van der Waals surface area contributed by atoms with Gasteiger partial charge in [0.05, 0.1) is 37.4 Å². The number of hydrogen-bond acceptors (Lipinski definition) is 7. The zero-order chi connectivity index (χ0) is 26.4. The number of carbonyl (C=O) groups is 3. The Morgan fingerprint density at radius 2 is 1.24 bits per heavy atom. The van der Waals surface area contributed by atoms with Gasteiger partial charge in [0.2, 0.25) is 0 Å². The summed E-state index contributed by atoms with van der Waals surface area (Å²) in [6.07, 6.45) is -12.6. The van der Waals surface area contributed by atoms with Crippen LogP contribution in [0.15, 0.2) is 11.6 Å². The Bertz CT molecular complexity index is 675. The average Bonchev–Trinajstić information content (AvgIpc) is 2.64. The summed E-state index contributed by atoms with van der Waals surface area (Å²) in [5, 5.41) is 8.90. The van der Waals surface area contributed by atoms with Crippen LogP contribution < -0.4 is 0 Å². The third-order valence-corrected chi connectivity index (χ3v) is 4.07. The van der Waals surface area contributed by atoms with E-state index in [1.54, 1.807) is 13.8 Å². The van der Waals surface area contributed by atoms with Crippen molar-refractivity contribution in [3.8, 4) is 0 Å². The molecule has 0 radical (unpaired) electrons. The van der Waals surface area contributed by atoms with Crippen molar-refractivity contribution < 1.29 is 64.8 Å². The Morgan fingerprint density at radius 3 is 1.62 bits per heavy atom. The van der Waals surface area contributed by atoms with E-state index in [9.17, 15) is 40.7 Å². The van der Waals surface area contributed by atoms with Crippen LogP contribution in [0.4, 0.5) is 26.3 Å². The minimum Gasteiger partial charge on any atom is -0.481 e. The summed E-state index contributed by atoms with van der Waals surface area (Å²) < 4.78 is 91.5. The maximum absolute atomic E-state index is 12.4. The lowest BCUT2D eigenvalue weighted by Gasteiger charge is -2.19. The molecule has 0 fully saturated rings. The Morgan fingerprint density at radius 1 is 0.794 bits per heavy atom. The van der Waals surface area contributed by atoms with Crippen LogP contribution in [0, 0.1) is 0 Å². The van der Waals surface area contributed by atoms with Crippen LogP contribution in [0.25, 0.3) is 0 Å². The van der Waals surface area contributed by atoms with Crippen molar-refractivity contribution >= 4 is 17.9 Å². The summed E-state index contributed by atoms with van der Waals surface area (Å²) in [5.41, 5.74) is -0.655. The zero-order valence-electron chi connectivity index (χ0n) is 18.7. The lowest BCUT2D eigenvalue weighted by atomic mass is 10.1. The first-order valence-electron chi connectivity index (χ1n) is 10.4. The normalized spacial score (nSPS) is 14.4. The molecule has 2 unspecified atom stereocenters. The van der Waals surface area contributed by atoms with Crippen LogP contribution in [0.3, 0.4) is 0 Å². The van der Waals surface area contributed by atoms with Crippen molar-refractivity contribution in [1.29, 1.82) is 0 Å². The molecule has 0 bridgehead atoms. The molecule has 198 valence electrons. The average molecular weight is 510 g/mol. The number of carboxylic acids is 1. The van der Waals surface area contributed by atoms with E-state index >= 15 is 0 Å². The highest BCUT2D eigenvalue weighted by atomic mass is 19.4. The van der Waals surface area contributed by atoms with Crippen LogP contribution in [-0.4, -0.2) is 61.2 Å². The van der Waals surface area contributed by atoms with Gasteiger partial charge in [0.1, 0.15) is 0 Å². The van der Waals surface area contributed by atoms with Gasteiger partial charge in [-0.3, -0.25) is 14.3 Å². The molecule has 0 aromatic carbocycles. The molecule has 34 heavy (non-hydrogen) atoms. The molecule has 0 saturated heterocycles. The summed E-state index contributed by atoms with van der Waals surface area (Å²) in [4.78, 5) is 34.9. The molecule has 2 atom stereocenters. The molecule has 0 heterocycles. The second kappa shape index (κ2) is 15.5. The van der Waals surface area contributed by atoms with Gasteiger partial charge in [-0.05, 0) is 12.8 Å². The fourth-order valence-electron chi connectivity index (χ4n) is 2.74. The van der Waals surface area contributed by atoms with Gasteiger partial charge in [-0.25, -0.2) is 9.59 Å². The molecule has 1 N–H and O–H groups in total. The number of esters is 2. The van der Waals surface area contributed by atoms with Crippen molar-refractivity contribution in [2.75, 3.05) is 13.2 Å². The minimum atomic E-state index is -4.89. The van der Waals surface area contributed by atoms with Gasteiger partial charge in [-0.15, -0.1) is 26.3 Å². The van der Waals surface area contributed by atoms with E-state index in [2.05, 4.69) is 9.47 Å². The molecule has 0 aliphatic rings. The molecule has 0 aromatic rings. The lowest BCUT2D eigenvalue weighted by molar-refractivity contribution is -0.345. The second-order valence-electron chi connectivity index (χ2n) is 7.07. The zero-order valence-corrected chi connectivity index (χ0v) is 18.7. The molecule has 0 saturated carbocycles. The third kappa shape index (κ3) is 17.2. The molecule has 14 heteroatoms. The van der Waals surface area contributed by atoms with E-state index in [-0.39, 0.29) is 25.7 Å². The molecule has 0 aliphatic carbocycles. The SMILES string of the molecule is CCCC(CCOC(=O)C=C(CC(=O)O)C(=O)OCCC(CCC)OC(F)(F)F)OC(F)(F)F. The molecule has 0 spiro atoms. The number of ether oxygens (including phenoxy) is 4. The van der Waals surface area contributed by atoms with E-state index in [1.807, 2.05) is 0 Å². The van der Waals surface area contributed by atoms with Crippen LogP contribution in [0.2, 0.25) is 0 Å². The number of rotatable bonds is 16. The fraction of sp³-hybridized carbons (Fsp3) is 0.750. The third-order valence-electron chi connectivity index (χ3n) is 4.07. The van der Waals surface area contributed by atoms with Gasteiger partial charge in [-0.2, -0.15) is 0 Å². The molecule has 8 nitrogen and oxygen atoms in total. The number of carbonyl (C=O) groups excluding carboxylic acids is 2. The number of alkyl halides is 6.